The van der Waals surface area contributed by atoms with Crippen LogP contribution in [0.5, 0.6) is 0 Å². The van der Waals surface area contributed by atoms with Gasteiger partial charge in [-0.3, -0.25) is 4.79 Å². The number of carbonyl (C=O) groups is 2. The van der Waals surface area contributed by atoms with Crippen LogP contribution in [0.25, 0.3) is 10.6 Å². The van der Waals surface area contributed by atoms with Crippen LogP contribution in [0, 0.1) is 13.8 Å². The van der Waals surface area contributed by atoms with Crippen LogP contribution in [0.4, 0.5) is 0 Å². The minimum Gasteiger partial charge on any atom is -0.479 e. The number of nitrogens with zero attached hydrogens (tertiary/aromatic N) is 1. The van der Waals surface area contributed by atoms with E-state index in [0.29, 0.717) is 12.2 Å². The highest BCUT2D eigenvalue weighted by molar-refractivity contribution is 7.15. The fourth-order valence-corrected chi connectivity index (χ4v) is 4.26. The van der Waals surface area contributed by atoms with E-state index in [1.165, 1.54) is 11.3 Å². The van der Waals surface area contributed by atoms with E-state index in [-0.39, 0.29) is 18.4 Å². The molecule has 1 amide bonds. The zero-order valence-corrected chi connectivity index (χ0v) is 19.5. The van der Waals surface area contributed by atoms with Crippen molar-refractivity contribution in [3.05, 3.63) is 75.8 Å². The fraction of sp³-hybridized carbons (Fsp3) is 0.320. The lowest BCUT2D eigenvalue weighted by Crippen LogP contribution is -2.29. The predicted octanol–water partition coefficient (Wildman–Crippen LogP) is 4.78. The maximum Gasteiger partial charge on any atom is 0.333 e. The highest BCUT2D eigenvalue weighted by atomic mass is 32.1. The summed E-state index contributed by atoms with van der Waals surface area (Å²) in [5.41, 5.74) is 4.22. The minimum atomic E-state index is -0.984. The van der Waals surface area contributed by atoms with Crippen LogP contribution >= 0.6 is 11.3 Å². The molecule has 2 N–H and O–H groups in total. The molecule has 0 fully saturated rings. The first kappa shape index (κ1) is 23.6. The molecule has 3 aromatic rings. The second-order valence-corrected chi connectivity index (χ2v) is 9.15. The van der Waals surface area contributed by atoms with E-state index in [4.69, 9.17) is 4.74 Å². The average molecular weight is 453 g/mol. The Morgan fingerprint density at radius 2 is 1.84 bits per heavy atom. The molecular formula is C25H28N2O4S. The van der Waals surface area contributed by atoms with Gasteiger partial charge in [-0.1, -0.05) is 48.5 Å². The number of carbonyl (C=O) groups excluding carboxylic acids is 1. The predicted molar refractivity (Wildman–Crippen MR) is 126 cm³/mol. The van der Waals surface area contributed by atoms with E-state index >= 15 is 0 Å². The Balaban J connectivity index is 1.70. The van der Waals surface area contributed by atoms with Gasteiger partial charge in [-0.2, -0.15) is 0 Å². The molecule has 0 spiro atoms. The molecule has 1 heterocycles. The maximum atomic E-state index is 12.8. The monoisotopic (exact) mass is 452 g/mol. The molecule has 1 aromatic heterocycles. The van der Waals surface area contributed by atoms with Gasteiger partial charge >= 0.3 is 5.97 Å². The van der Waals surface area contributed by atoms with Crippen molar-refractivity contribution in [3.8, 4) is 10.6 Å². The Morgan fingerprint density at radius 1 is 1.12 bits per heavy atom. The van der Waals surface area contributed by atoms with E-state index in [1.54, 1.807) is 0 Å². The summed E-state index contributed by atoms with van der Waals surface area (Å²) in [5, 5.41) is 13.2. The van der Waals surface area contributed by atoms with E-state index in [9.17, 15) is 14.7 Å². The minimum absolute atomic E-state index is 0.178. The van der Waals surface area contributed by atoms with Crippen LogP contribution in [-0.2, 0) is 22.5 Å². The molecule has 0 radical (unpaired) electrons. The van der Waals surface area contributed by atoms with Gasteiger partial charge in [-0.15, -0.1) is 11.3 Å². The van der Waals surface area contributed by atoms with E-state index < -0.39 is 12.1 Å². The molecule has 1 unspecified atom stereocenters. The van der Waals surface area contributed by atoms with Crippen molar-refractivity contribution in [1.82, 2.24) is 10.3 Å². The topological polar surface area (TPSA) is 88.5 Å². The summed E-state index contributed by atoms with van der Waals surface area (Å²) in [6.07, 6.45) is -0.822. The van der Waals surface area contributed by atoms with Crippen molar-refractivity contribution in [2.75, 3.05) is 0 Å². The number of hydrogen-bond acceptors (Lipinski definition) is 5. The third-order valence-corrected chi connectivity index (χ3v) is 6.04. The quantitative estimate of drug-likeness (QED) is 0.488. The average Bonchev–Trinajstić information content (AvgIpc) is 3.15. The summed E-state index contributed by atoms with van der Waals surface area (Å²) in [5.74, 6) is -1.21. The van der Waals surface area contributed by atoms with Gasteiger partial charge in [0.25, 0.3) is 5.91 Å². The van der Waals surface area contributed by atoms with Crippen LogP contribution in [0.3, 0.4) is 0 Å². The molecule has 1 atom stereocenters. The van der Waals surface area contributed by atoms with Crippen molar-refractivity contribution < 1.29 is 19.4 Å². The summed E-state index contributed by atoms with van der Waals surface area (Å²) in [6, 6.07) is 15.6. The summed E-state index contributed by atoms with van der Waals surface area (Å²) in [7, 11) is 0. The summed E-state index contributed by atoms with van der Waals surface area (Å²) < 4.78 is 5.52. The molecule has 0 aliphatic rings. The second-order valence-electron chi connectivity index (χ2n) is 7.95. The molecule has 2 aromatic carbocycles. The number of carboxylic acid groups (broad SMARTS) is 1. The lowest BCUT2D eigenvalue weighted by atomic mass is 10.0. The van der Waals surface area contributed by atoms with Gasteiger partial charge in [0.05, 0.1) is 6.10 Å². The molecule has 0 saturated heterocycles. The first-order valence-corrected chi connectivity index (χ1v) is 11.3. The van der Waals surface area contributed by atoms with Gasteiger partial charge in [0.15, 0.2) is 6.10 Å². The smallest absolute Gasteiger partial charge is 0.333 e. The third kappa shape index (κ3) is 6.02. The first-order valence-electron chi connectivity index (χ1n) is 10.5. The third-order valence-electron chi connectivity index (χ3n) is 5.02. The fourth-order valence-electron chi connectivity index (χ4n) is 3.35. The Labute approximate surface area is 192 Å². The number of rotatable bonds is 9. The Bertz CT molecular complexity index is 1090. The maximum absolute atomic E-state index is 12.8. The van der Waals surface area contributed by atoms with Gasteiger partial charge < -0.3 is 15.2 Å². The first-order chi connectivity index (χ1) is 15.2. The number of aromatic nitrogens is 1. The number of ether oxygens (including phenoxy) is 1. The number of thiazole rings is 1. The Hall–Kier alpha value is -3.03. The zero-order chi connectivity index (χ0) is 23.3. The van der Waals surface area contributed by atoms with E-state index in [1.807, 2.05) is 76.2 Å². The molecule has 32 heavy (non-hydrogen) atoms. The number of aliphatic carboxylic acids is 1. The largest absolute Gasteiger partial charge is 0.479 e. The molecule has 7 heteroatoms. The van der Waals surface area contributed by atoms with E-state index in [0.717, 1.165) is 32.1 Å². The molecule has 3 rings (SSSR count). The Morgan fingerprint density at radius 3 is 2.50 bits per heavy atom. The Kier molecular flexibility index (Phi) is 7.77. The van der Waals surface area contributed by atoms with Gasteiger partial charge in [0, 0.05) is 23.4 Å². The molecule has 0 bridgehead atoms. The van der Waals surface area contributed by atoms with Gasteiger partial charge in [-0.25, -0.2) is 9.78 Å². The number of aryl methyl sites for hydroxylation is 2. The summed E-state index contributed by atoms with van der Waals surface area (Å²) in [6.45, 7) is 7.82. The number of amides is 1. The number of carboxylic acids is 1. The van der Waals surface area contributed by atoms with Gasteiger partial charge in [-0.05, 0) is 44.4 Å². The highest BCUT2D eigenvalue weighted by Gasteiger charge is 2.21. The van der Waals surface area contributed by atoms with Crippen molar-refractivity contribution in [1.29, 1.82) is 0 Å². The van der Waals surface area contributed by atoms with Crippen LogP contribution in [0.1, 0.15) is 45.9 Å². The van der Waals surface area contributed by atoms with Crippen LogP contribution in [0.15, 0.2) is 48.5 Å². The molecule has 0 aliphatic carbocycles. The lowest BCUT2D eigenvalue weighted by molar-refractivity contribution is -0.153. The molecule has 0 aliphatic heterocycles. The van der Waals surface area contributed by atoms with Gasteiger partial charge in [0.2, 0.25) is 0 Å². The molecule has 168 valence electrons. The van der Waals surface area contributed by atoms with Gasteiger partial charge in [0.1, 0.15) is 10.7 Å². The van der Waals surface area contributed by atoms with Crippen molar-refractivity contribution in [2.24, 2.45) is 0 Å². The van der Waals surface area contributed by atoms with E-state index in [2.05, 4.69) is 10.3 Å². The SMILES string of the molecule is Cc1ccc(CC(OC(C)C)C(=O)O)cc1CNC(=O)c1nc(-c2ccccc2)sc1C. The number of nitrogens with one attached hydrogen (secondary N) is 1. The summed E-state index contributed by atoms with van der Waals surface area (Å²) in [4.78, 5) is 29.7. The van der Waals surface area contributed by atoms with Crippen LogP contribution < -0.4 is 5.32 Å². The standard InChI is InChI=1S/C25H28N2O4S/c1-15(2)31-21(25(29)30)13-18-11-10-16(3)20(12-18)14-26-23(28)22-17(4)32-24(27-22)19-8-6-5-7-9-19/h5-12,15,21H,13-14H2,1-4H3,(H,26,28)(H,29,30). The second kappa shape index (κ2) is 10.5. The molecule has 6 nitrogen and oxygen atoms in total. The van der Waals surface area contributed by atoms with Crippen LogP contribution in [-0.4, -0.2) is 34.2 Å². The van der Waals surface area contributed by atoms with Crippen LogP contribution in [0.2, 0.25) is 0 Å². The molecule has 0 saturated carbocycles. The van der Waals surface area contributed by atoms with Crippen molar-refractivity contribution in [3.63, 3.8) is 0 Å². The number of hydrogen-bond donors (Lipinski definition) is 2. The molecular weight excluding hydrogens is 424 g/mol. The van der Waals surface area contributed by atoms with Crippen molar-refractivity contribution >= 4 is 23.2 Å². The van der Waals surface area contributed by atoms with Crippen molar-refractivity contribution in [2.45, 2.75) is 52.9 Å². The lowest BCUT2D eigenvalue weighted by Gasteiger charge is -2.17. The summed E-state index contributed by atoms with van der Waals surface area (Å²) >= 11 is 1.50. The number of benzene rings is 2. The zero-order valence-electron chi connectivity index (χ0n) is 18.7. The highest BCUT2D eigenvalue weighted by Crippen LogP contribution is 2.27. The normalized spacial score (nSPS) is 12.0.